The van der Waals surface area contributed by atoms with Crippen molar-refractivity contribution in [1.29, 1.82) is 0 Å². The molecule has 5 aromatic rings. The van der Waals surface area contributed by atoms with Gasteiger partial charge in [0.2, 0.25) is 0 Å². The maximum absolute atomic E-state index is 16.3. The van der Waals surface area contributed by atoms with Crippen LogP contribution in [-0.4, -0.2) is 21.6 Å². The fourth-order valence-corrected chi connectivity index (χ4v) is 8.63. The van der Waals surface area contributed by atoms with Gasteiger partial charge in [-0.3, -0.25) is 0 Å². The summed E-state index contributed by atoms with van der Waals surface area (Å²) in [6.45, 7) is 11.8. The molecule has 2 aromatic carbocycles. The highest BCUT2D eigenvalue weighted by Gasteiger charge is 2.27. The lowest BCUT2D eigenvalue weighted by molar-refractivity contribution is 0.304. The van der Waals surface area contributed by atoms with Gasteiger partial charge in [-0.05, 0) is 93.3 Å². The third-order valence-corrected chi connectivity index (χ3v) is 11.8. The molecular weight excluding hydrogens is 701 g/mol. The Morgan fingerprint density at radius 2 is 1.25 bits per heavy atom. The average Bonchev–Trinajstić information content (AvgIpc) is 3.90. The summed E-state index contributed by atoms with van der Waals surface area (Å²) in [4.78, 5) is 4.89. The molecule has 0 unspecified atom stereocenters. The van der Waals surface area contributed by atoms with Gasteiger partial charge in [0.25, 0.3) is 0 Å². The smallest absolute Gasteiger partial charge is 0.170 e. The molecule has 5 rings (SSSR count). The summed E-state index contributed by atoms with van der Waals surface area (Å²) in [5, 5.41) is 9.63. The van der Waals surface area contributed by atoms with E-state index in [-0.39, 0.29) is 11.1 Å². The summed E-state index contributed by atoms with van der Waals surface area (Å²) >= 11 is 2.86. The Balaban J connectivity index is 1.39. The lowest BCUT2D eigenvalue weighted by Crippen LogP contribution is -2.02. The summed E-state index contributed by atoms with van der Waals surface area (Å²) in [6.07, 6.45) is 25.1. The largest absolute Gasteiger partial charge is 0.493 e. The van der Waals surface area contributed by atoms with Crippen LogP contribution in [0.4, 0.5) is 8.78 Å². The Bertz CT molecular complexity index is 1970. The summed E-state index contributed by atoms with van der Waals surface area (Å²) in [7, 11) is 0. The van der Waals surface area contributed by atoms with E-state index in [9.17, 15) is 0 Å². The van der Waals surface area contributed by atoms with Crippen LogP contribution in [0.2, 0.25) is 0 Å². The molecule has 0 amide bonds. The van der Waals surface area contributed by atoms with E-state index in [4.69, 9.17) is 14.9 Å². The van der Waals surface area contributed by atoms with Gasteiger partial charge >= 0.3 is 0 Å². The van der Waals surface area contributed by atoms with Crippen LogP contribution in [0.25, 0.3) is 50.1 Å². The molecule has 0 spiro atoms. The van der Waals surface area contributed by atoms with Gasteiger partial charge in [0.1, 0.15) is 16.8 Å². The number of halogens is 2. The monoisotopic (exact) mass is 757 g/mol. The SMILES string of the molecule is C/C=C/c1cc(OCCCCCC)c(/C=C/c2ccc(-c3c(F)c(F)c(-c4ccc(C)s4)c4nn(CCCCCCCCCCCC)nc34)s2)cc1C. The first-order chi connectivity index (χ1) is 25.8. The van der Waals surface area contributed by atoms with Crippen molar-refractivity contribution in [1.82, 2.24) is 15.0 Å². The number of unbranched alkanes of at least 4 members (excludes halogenated alkanes) is 12. The molecule has 284 valence electrons. The summed E-state index contributed by atoms with van der Waals surface area (Å²) in [5.41, 5.74) is 4.48. The van der Waals surface area contributed by atoms with Crippen LogP contribution in [-0.2, 0) is 6.54 Å². The number of nitrogens with zero attached hydrogens (tertiary/aromatic N) is 3. The molecule has 0 radical (unpaired) electrons. The summed E-state index contributed by atoms with van der Waals surface area (Å²) in [5.74, 6) is -0.902. The number of hydrogen-bond acceptors (Lipinski definition) is 5. The van der Waals surface area contributed by atoms with Crippen LogP contribution in [0.5, 0.6) is 5.75 Å². The number of rotatable bonds is 22. The molecule has 0 fully saturated rings. The zero-order chi connectivity index (χ0) is 37.6. The second-order valence-electron chi connectivity index (χ2n) is 14.2. The standard InChI is InChI=1S/C45H57F2N3OS2/c1-6-9-11-13-14-15-16-17-18-19-28-50-48-44-40(38-26-22-33(5)52-38)42(46)43(47)41(45(44)49-50)39-27-25-36(53-39)24-23-35-30-32(4)34(21-8-3)31-37(35)51-29-20-12-10-7-2/h8,21-27,30-31H,6-7,9-20,28-29H2,1-5H3/b21-8+,24-23+. The third-order valence-electron chi connectivity index (χ3n) is 9.76. The average molecular weight is 758 g/mol. The van der Waals surface area contributed by atoms with Gasteiger partial charge in [0, 0.05) is 25.1 Å². The molecule has 0 saturated carbocycles. The van der Waals surface area contributed by atoms with E-state index in [1.54, 1.807) is 4.80 Å². The number of thiophene rings is 2. The molecule has 0 N–H and O–H groups in total. The Morgan fingerprint density at radius 3 is 1.85 bits per heavy atom. The molecule has 3 aromatic heterocycles. The maximum atomic E-state index is 16.3. The van der Waals surface area contributed by atoms with Crippen LogP contribution in [0.15, 0.2) is 42.5 Å². The van der Waals surface area contributed by atoms with Crippen molar-refractivity contribution in [2.75, 3.05) is 6.61 Å². The lowest BCUT2D eigenvalue weighted by atomic mass is 10.0. The minimum absolute atomic E-state index is 0.177. The van der Waals surface area contributed by atoms with Crippen molar-refractivity contribution < 1.29 is 13.5 Å². The van der Waals surface area contributed by atoms with Crippen LogP contribution in [0.3, 0.4) is 0 Å². The maximum Gasteiger partial charge on any atom is 0.170 e. The zero-order valence-electron chi connectivity index (χ0n) is 32.4. The van der Waals surface area contributed by atoms with Crippen molar-refractivity contribution in [3.8, 4) is 26.6 Å². The quantitative estimate of drug-likeness (QED) is 0.0660. The first-order valence-electron chi connectivity index (χ1n) is 19.9. The molecule has 0 aliphatic carbocycles. The minimum atomic E-state index is -0.879. The van der Waals surface area contributed by atoms with Crippen molar-refractivity contribution in [3.05, 3.63) is 80.6 Å². The highest BCUT2D eigenvalue weighted by Crippen LogP contribution is 2.43. The Kier molecular flexibility index (Phi) is 15.9. The number of allylic oxidation sites excluding steroid dienone is 1. The van der Waals surface area contributed by atoms with Gasteiger partial charge in [-0.2, -0.15) is 15.0 Å². The third kappa shape index (κ3) is 11.0. The van der Waals surface area contributed by atoms with E-state index in [0.29, 0.717) is 33.9 Å². The molecule has 8 heteroatoms. The number of benzene rings is 2. The predicted molar refractivity (Wildman–Crippen MR) is 225 cm³/mol. The number of ether oxygens (including phenoxy) is 1. The Labute approximate surface area is 324 Å². The number of aromatic nitrogens is 3. The first-order valence-corrected chi connectivity index (χ1v) is 21.5. The van der Waals surface area contributed by atoms with Crippen molar-refractivity contribution in [2.45, 2.75) is 131 Å². The zero-order valence-corrected chi connectivity index (χ0v) is 34.0. The normalized spacial score (nSPS) is 12.0. The molecule has 3 heterocycles. The van der Waals surface area contributed by atoms with Crippen molar-refractivity contribution in [2.24, 2.45) is 0 Å². The van der Waals surface area contributed by atoms with E-state index in [2.05, 4.69) is 45.1 Å². The van der Waals surface area contributed by atoms with Crippen LogP contribution >= 0.6 is 22.7 Å². The van der Waals surface area contributed by atoms with Gasteiger partial charge in [0.15, 0.2) is 11.6 Å². The number of hydrogen-bond donors (Lipinski definition) is 0. The molecule has 0 aliphatic rings. The van der Waals surface area contributed by atoms with E-state index >= 15 is 8.78 Å². The molecule has 53 heavy (non-hydrogen) atoms. The second-order valence-corrected chi connectivity index (χ2v) is 16.6. The second kappa shape index (κ2) is 20.7. The van der Waals surface area contributed by atoms with Gasteiger partial charge < -0.3 is 4.74 Å². The van der Waals surface area contributed by atoms with E-state index < -0.39 is 11.6 Å². The van der Waals surface area contributed by atoms with Crippen molar-refractivity contribution in [3.63, 3.8) is 0 Å². The molecule has 4 nitrogen and oxygen atoms in total. The molecule has 0 atom stereocenters. The van der Waals surface area contributed by atoms with Crippen LogP contribution in [0.1, 0.15) is 137 Å². The molecular formula is C45H57F2N3OS2. The van der Waals surface area contributed by atoms with Crippen molar-refractivity contribution >= 4 is 51.9 Å². The van der Waals surface area contributed by atoms with Gasteiger partial charge in [-0.25, -0.2) is 8.78 Å². The molecule has 0 bridgehead atoms. The lowest BCUT2D eigenvalue weighted by Gasteiger charge is -2.12. The molecule has 0 aliphatic heterocycles. The molecule has 0 saturated heterocycles. The van der Waals surface area contributed by atoms with Gasteiger partial charge in [0.05, 0.1) is 24.3 Å². The number of fused-ring (bicyclic) bond motifs is 1. The first kappa shape index (κ1) is 40.6. The fraction of sp³-hybridized carbons (Fsp3) is 0.467. The minimum Gasteiger partial charge on any atom is -0.493 e. The highest BCUT2D eigenvalue weighted by atomic mass is 32.1. The van der Waals surface area contributed by atoms with Crippen LogP contribution < -0.4 is 4.74 Å². The summed E-state index contributed by atoms with van der Waals surface area (Å²) in [6, 6.07) is 11.9. The van der Waals surface area contributed by atoms with E-state index in [0.717, 1.165) is 57.9 Å². The van der Waals surface area contributed by atoms with Crippen LogP contribution in [0, 0.1) is 25.5 Å². The Morgan fingerprint density at radius 1 is 0.660 bits per heavy atom. The van der Waals surface area contributed by atoms with E-state index in [1.807, 2.05) is 50.3 Å². The highest BCUT2D eigenvalue weighted by molar-refractivity contribution is 7.16. The van der Waals surface area contributed by atoms with E-state index in [1.165, 1.54) is 86.9 Å². The predicted octanol–water partition coefficient (Wildman–Crippen LogP) is 14.9. The topological polar surface area (TPSA) is 39.9 Å². The Hall–Kier alpha value is -3.62. The summed E-state index contributed by atoms with van der Waals surface area (Å²) < 4.78 is 38.7. The van der Waals surface area contributed by atoms with Gasteiger partial charge in [-0.15, -0.1) is 22.7 Å². The number of aryl methyl sites for hydroxylation is 3. The fourth-order valence-electron chi connectivity index (χ4n) is 6.77. The van der Waals surface area contributed by atoms with Gasteiger partial charge in [-0.1, -0.05) is 103 Å².